The summed E-state index contributed by atoms with van der Waals surface area (Å²) >= 11 is 3.45. The molecule has 1 atom stereocenters. The molecule has 0 aliphatic carbocycles. The SMILES string of the molecule is CCOC(CNC(C)(C)C)c1ccc(Br)cc1. The van der Waals surface area contributed by atoms with Crippen molar-refractivity contribution in [3.8, 4) is 0 Å². The van der Waals surface area contributed by atoms with Gasteiger partial charge in [-0.15, -0.1) is 0 Å². The van der Waals surface area contributed by atoms with E-state index in [4.69, 9.17) is 4.74 Å². The number of halogens is 1. The van der Waals surface area contributed by atoms with Crippen LogP contribution in [0.5, 0.6) is 0 Å². The monoisotopic (exact) mass is 299 g/mol. The van der Waals surface area contributed by atoms with E-state index in [2.05, 4.69) is 66.3 Å². The highest BCUT2D eigenvalue weighted by molar-refractivity contribution is 9.10. The topological polar surface area (TPSA) is 21.3 Å². The van der Waals surface area contributed by atoms with E-state index in [0.717, 1.165) is 17.6 Å². The van der Waals surface area contributed by atoms with Crippen LogP contribution in [-0.4, -0.2) is 18.7 Å². The molecular weight excluding hydrogens is 278 g/mol. The molecule has 96 valence electrons. The van der Waals surface area contributed by atoms with Crippen molar-refractivity contribution in [2.45, 2.75) is 39.3 Å². The highest BCUT2D eigenvalue weighted by Gasteiger charge is 2.15. The smallest absolute Gasteiger partial charge is 0.0949 e. The molecule has 1 N–H and O–H groups in total. The van der Waals surface area contributed by atoms with Crippen LogP contribution in [0.3, 0.4) is 0 Å². The molecule has 0 bridgehead atoms. The van der Waals surface area contributed by atoms with E-state index in [-0.39, 0.29) is 11.6 Å². The summed E-state index contributed by atoms with van der Waals surface area (Å²) in [6, 6.07) is 8.32. The van der Waals surface area contributed by atoms with Crippen molar-refractivity contribution >= 4 is 15.9 Å². The first-order valence-electron chi connectivity index (χ1n) is 6.04. The summed E-state index contributed by atoms with van der Waals surface area (Å²) in [6.45, 7) is 10.1. The first kappa shape index (κ1) is 14.7. The Morgan fingerprint density at radius 2 is 1.82 bits per heavy atom. The molecule has 3 heteroatoms. The zero-order valence-electron chi connectivity index (χ0n) is 11.1. The Morgan fingerprint density at radius 1 is 1.24 bits per heavy atom. The zero-order valence-corrected chi connectivity index (χ0v) is 12.7. The summed E-state index contributed by atoms with van der Waals surface area (Å²) in [5.41, 5.74) is 1.33. The van der Waals surface area contributed by atoms with Gasteiger partial charge in [0.25, 0.3) is 0 Å². The van der Waals surface area contributed by atoms with Gasteiger partial charge in [-0.2, -0.15) is 0 Å². The minimum Gasteiger partial charge on any atom is -0.372 e. The highest BCUT2D eigenvalue weighted by Crippen LogP contribution is 2.20. The first-order chi connectivity index (χ1) is 7.92. The number of ether oxygens (including phenoxy) is 1. The Bertz CT molecular complexity index is 329. The van der Waals surface area contributed by atoms with Gasteiger partial charge in [0.1, 0.15) is 0 Å². The predicted molar refractivity (Wildman–Crippen MR) is 76.3 cm³/mol. The van der Waals surface area contributed by atoms with Gasteiger partial charge in [0.15, 0.2) is 0 Å². The molecular formula is C14H22BrNO. The number of hydrogen-bond donors (Lipinski definition) is 1. The third-order valence-corrected chi connectivity index (χ3v) is 2.96. The molecule has 1 rings (SSSR count). The Hall–Kier alpha value is -0.380. The van der Waals surface area contributed by atoms with Gasteiger partial charge in [-0.25, -0.2) is 0 Å². The number of hydrogen-bond acceptors (Lipinski definition) is 2. The molecule has 0 amide bonds. The molecule has 2 nitrogen and oxygen atoms in total. The van der Waals surface area contributed by atoms with E-state index in [1.807, 2.05) is 6.92 Å². The Kier molecular flexibility index (Phi) is 5.63. The third kappa shape index (κ3) is 5.66. The second-order valence-electron chi connectivity index (χ2n) is 5.13. The standard InChI is InChI=1S/C14H22BrNO/c1-5-17-13(10-16-14(2,3)4)11-6-8-12(15)9-7-11/h6-9,13,16H,5,10H2,1-4H3. The van der Waals surface area contributed by atoms with Crippen LogP contribution in [0.2, 0.25) is 0 Å². The maximum absolute atomic E-state index is 5.79. The van der Waals surface area contributed by atoms with Crippen molar-refractivity contribution < 1.29 is 4.74 Å². The third-order valence-electron chi connectivity index (χ3n) is 2.43. The van der Waals surface area contributed by atoms with E-state index < -0.39 is 0 Å². The largest absolute Gasteiger partial charge is 0.372 e. The highest BCUT2D eigenvalue weighted by atomic mass is 79.9. The van der Waals surface area contributed by atoms with Gasteiger partial charge in [-0.05, 0) is 45.4 Å². The van der Waals surface area contributed by atoms with Crippen molar-refractivity contribution in [2.75, 3.05) is 13.2 Å². The van der Waals surface area contributed by atoms with Gasteiger partial charge >= 0.3 is 0 Å². The van der Waals surface area contributed by atoms with Gasteiger partial charge in [0, 0.05) is 23.2 Å². The molecule has 1 aromatic rings. The van der Waals surface area contributed by atoms with Crippen molar-refractivity contribution in [3.63, 3.8) is 0 Å². The Balaban J connectivity index is 2.68. The molecule has 0 radical (unpaired) electrons. The van der Waals surface area contributed by atoms with E-state index in [1.54, 1.807) is 0 Å². The lowest BCUT2D eigenvalue weighted by Gasteiger charge is -2.25. The van der Waals surface area contributed by atoms with Crippen molar-refractivity contribution in [1.29, 1.82) is 0 Å². The Labute approximate surface area is 113 Å². The van der Waals surface area contributed by atoms with E-state index in [1.165, 1.54) is 5.56 Å². The zero-order chi connectivity index (χ0) is 12.9. The molecule has 0 aliphatic rings. The lowest BCUT2D eigenvalue weighted by Crippen LogP contribution is -2.39. The maximum atomic E-state index is 5.79. The summed E-state index contributed by atoms with van der Waals surface area (Å²) in [5.74, 6) is 0. The van der Waals surface area contributed by atoms with Crippen LogP contribution in [0.4, 0.5) is 0 Å². The molecule has 0 fully saturated rings. The van der Waals surface area contributed by atoms with Gasteiger partial charge in [-0.3, -0.25) is 0 Å². The predicted octanol–water partition coefficient (Wildman–Crippen LogP) is 3.91. The van der Waals surface area contributed by atoms with Gasteiger partial charge in [0.2, 0.25) is 0 Å². The molecule has 0 aliphatic heterocycles. The number of rotatable bonds is 5. The molecule has 0 heterocycles. The molecule has 0 aromatic heterocycles. The summed E-state index contributed by atoms with van der Waals surface area (Å²) in [4.78, 5) is 0. The van der Waals surface area contributed by atoms with Gasteiger partial charge < -0.3 is 10.1 Å². The molecule has 0 spiro atoms. The molecule has 1 aromatic carbocycles. The van der Waals surface area contributed by atoms with Crippen LogP contribution in [0, 0.1) is 0 Å². The molecule has 1 unspecified atom stereocenters. The quantitative estimate of drug-likeness (QED) is 0.890. The van der Waals surface area contributed by atoms with E-state index in [9.17, 15) is 0 Å². The van der Waals surface area contributed by atoms with Crippen LogP contribution in [0.15, 0.2) is 28.7 Å². The van der Waals surface area contributed by atoms with Gasteiger partial charge in [0.05, 0.1) is 6.10 Å². The van der Waals surface area contributed by atoms with Crippen LogP contribution in [0.25, 0.3) is 0 Å². The molecule has 0 saturated carbocycles. The summed E-state index contributed by atoms with van der Waals surface area (Å²) in [7, 11) is 0. The fourth-order valence-corrected chi connectivity index (χ4v) is 1.81. The van der Waals surface area contributed by atoms with E-state index in [0.29, 0.717) is 0 Å². The van der Waals surface area contributed by atoms with Crippen molar-refractivity contribution in [1.82, 2.24) is 5.32 Å². The van der Waals surface area contributed by atoms with E-state index >= 15 is 0 Å². The summed E-state index contributed by atoms with van der Waals surface area (Å²) in [5, 5.41) is 3.48. The summed E-state index contributed by atoms with van der Waals surface area (Å²) in [6.07, 6.45) is 0.118. The first-order valence-corrected chi connectivity index (χ1v) is 6.84. The lowest BCUT2D eigenvalue weighted by atomic mass is 10.1. The summed E-state index contributed by atoms with van der Waals surface area (Å²) < 4.78 is 6.88. The van der Waals surface area contributed by atoms with Crippen LogP contribution < -0.4 is 5.32 Å². The normalized spacial score (nSPS) is 13.7. The molecule has 0 saturated heterocycles. The maximum Gasteiger partial charge on any atom is 0.0949 e. The van der Waals surface area contributed by atoms with Crippen molar-refractivity contribution in [2.24, 2.45) is 0 Å². The second kappa shape index (κ2) is 6.53. The van der Waals surface area contributed by atoms with Crippen LogP contribution in [-0.2, 0) is 4.74 Å². The van der Waals surface area contributed by atoms with Crippen molar-refractivity contribution in [3.05, 3.63) is 34.3 Å². The fraction of sp³-hybridized carbons (Fsp3) is 0.571. The second-order valence-corrected chi connectivity index (χ2v) is 6.04. The number of benzene rings is 1. The average Bonchev–Trinajstić information content (AvgIpc) is 2.24. The Morgan fingerprint density at radius 3 is 2.29 bits per heavy atom. The fourth-order valence-electron chi connectivity index (χ4n) is 1.55. The number of nitrogens with one attached hydrogen (secondary N) is 1. The van der Waals surface area contributed by atoms with Crippen LogP contribution >= 0.6 is 15.9 Å². The molecule has 17 heavy (non-hydrogen) atoms. The van der Waals surface area contributed by atoms with Crippen LogP contribution in [0.1, 0.15) is 39.4 Å². The van der Waals surface area contributed by atoms with Gasteiger partial charge in [-0.1, -0.05) is 28.1 Å². The minimum absolute atomic E-state index is 0.116. The minimum atomic E-state index is 0.116. The average molecular weight is 300 g/mol. The lowest BCUT2D eigenvalue weighted by molar-refractivity contribution is 0.0577.